The maximum atomic E-state index is 11.7. The van der Waals surface area contributed by atoms with Crippen LogP contribution < -0.4 is 16.2 Å². The van der Waals surface area contributed by atoms with E-state index in [-0.39, 0.29) is 10.9 Å². The van der Waals surface area contributed by atoms with E-state index in [9.17, 15) is 4.79 Å². The van der Waals surface area contributed by atoms with Gasteiger partial charge in [0, 0.05) is 11.8 Å². The minimum atomic E-state index is -0.444. The van der Waals surface area contributed by atoms with Gasteiger partial charge in [0.15, 0.2) is 5.11 Å². The number of nitrogens with one attached hydrogen (secondary N) is 3. The highest BCUT2D eigenvalue weighted by molar-refractivity contribution is 7.80. The fourth-order valence-electron chi connectivity index (χ4n) is 1.69. The SMILES string of the molecule is Cc1cc(C(=O)NNC(=S)Nc2cccc(C)c2C)on1. The number of aryl methyl sites for hydroxylation is 2. The number of rotatable bonds is 2. The molecular weight excluding hydrogens is 288 g/mol. The fourth-order valence-corrected chi connectivity index (χ4v) is 1.85. The van der Waals surface area contributed by atoms with Crippen LogP contribution in [0.3, 0.4) is 0 Å². The second-order valence-electron chi connectivity index (χ2n) is 4.61. The molecule has 7 heteroatoms. The molecule has 0 saturated carbocycles. The van der Waals surface area contributed by atoms with Gasteiger partial charge in [-0.3, -0.25) is 15.6 Å². The predicted molar refractivity (Wildman–Crippen MR) is 84.0 cm³/mol. The number of nitrogens with zero attached hydrogens (tertiary/aromatic N) is 1. The Labute approximate surface area is 127 Å². The summed E-state index contributed by atoms with van der Waals surface area (Å²) in [6.45, 7) is 5.75. The number of aromatic nitrogens is 1. The Balaban J connectivity index is 1.90. The molecule has 0 unspecified atom stereocenters. The number of anilines is 1. The van der Waals surface area contributed by atoms with E-state index in [2.05, 4.69) is 21.3 Å². The lowest BCUT2D eigenvalue weighted by Crippen LogP contribution is -2.43. The third kappa shape index (κ3) is 3.79. The lowest BCUT2D eigenvalue weighted by atomic mass is 10.1. The first kappa shape index (κ1) is 15.0. The van der Waals surface area contributed by atoms with Crippen molar-refractivity contribution in [1.82, 2.24) is 16.0 Å². The molecular formula is C14H16N4O2S. The van der Waals surface area contributed by atoms with Crippen LogP contribution in [-0.2, 0) is 0 Å². The Kier molecular flexibility index (Phi) is 4.54. The number of hydrogen-bond acceptors (Lipinski definition) is 4. The highest BCUT2D eigenvalue weighted by atomic mass is 32.1. The van der Waals surface area contributed by atoms with Gasteiger partial charge in [0.05, 0.1) is 5.69 Å². The summed E-state index contributed by atoms with van der Waals surface area (Å²) in [6.07, 6.45) is 0. The minimum absolute atomic E-state index is 0.120. The molecule has 0 aliphatic carbocycles. The molecule has 21 heavy (non-hydrogen) atoms. The molecule has 0 atom stereocenters. The topological polar surface area (TPSA) is 79.2 Å². The highest BCUT2D eigenvalue weighted by Gasteiger charge is 2.11. The van der Waals surface area contributed by atoms with Crippen molar-refractivity contribution in [2.24, 2.45) is 0 Å². The van der Waals surface area contributed by atoms with Crippen LogP contribution >= 0.6 is 12.2 Å². The summed E-state index contributed by atoms with van der Waals surface area (Å²) >= 11 is 5.13. The standard InChI is InChI=1S/C14H16N4O2S/c1-8-5-4-6-11(10(8)3)15-14(21)17-16-13(19)12-7-9(2)18-20-12/h4-7H,1-3H3,(H,16,19)(H2,15,17,21). The molecule has 1 aromatic carbocycles. The number of hydrazine groups is 1. The molecule has 1 amide bonds. The van der Waals surface area contributed by atoms with E-state index in [0.717, 1.165) is 16.8 Å². The number of benzene rings is 1. The molecule has 0 aliphatic heterocycles. The van der Waals surface area contributed by atoms with Gasteiger partial charge in [-0.1, -0.05) is 17.3 Å². The van der Waals surface area contributed by atoms with Crippen molar-refractivity contribution in [2.45, 2.75) is 20.8 Å². The average Bonchev–Trinajstić information content (AvgIpc) is 2.88. The van der Waals surface area contributed by atoms with E-state index in [1.165, 1.54) is 6.07 Å². The summed E-state index contributed by atoms with van der Waals surface area (Å²) in [5, 5.41) is 6.95. The maximum Gasteiger partial charge on any atom is 0.308 e. The molecule has 110 valence electrons. The number of amides is 1. The van der Waals surface area contributed by atoms with Crippen molar-refractivity contribution in [2.75, 3.05) is 5.32 Å². The Morgan fingerprint density at radius 1 is 1.24 bits per heavy atom. The van der Waals surface area contributed by atoms with Crippen LogP contribution in [0.15, 0.2) is 28.8 Å². The van der Waals surface area contributed by atoms with E-state index in [1.54, 1.807) is 6.92 Å². The van der Waals surface area contributed by atoms with Crippen LogP contribution in [0.5, 0.6) is 0 Å². The number of thiocarbonyl (C=S) groups is 1. The summed E-state index contributed by atoms with van der Waals surface area (Å²) in [6, 6.07) is 7.41. The summed E-state index contributed by atoms with van der Waals surface area (Å²) in [4.78, 5) is 11.7. The van der Waals surface area contributed by atoms with E-state index in [4.69, 9.17) is 16.7 Å². The van der Waals surface area contributed by atoms with Gasteiger partial charge in [-0.2, -0.15) is 0 Å². The van der Waals surface area contributed by atoms with Gasteiger partial charge in [-0.25, -0.2) is 0 Å². The van der Waals surface area contributed by atoms with Crippen LogP contribution in [0.4, 0.5) is 5.69 Å². The quantitative estimate of drug-likeness (QED) is 0.583. The van der Waals surface area contributed by atoms with Gasteiger partial charge < -0.3 is 9.84 Å². The first-order valence-corrected chi connectivity index (χ1v) is 6.75. The minimum Gasteiger partial charge on any atom is -0.351 e. The number of carbonyl (C=O) groups is 1. The van der Waals surface area contributed by atoms with Crippen molar-refractivity contribution in [3.05, 3.63) is 46.8 Å². The molecule has 0 bridgehead atoms. The monoisotopic (exact) mass is 304 g/mol. The van der Waals surface area contributed by atoms with Gasteiger partial charge in [0.1, 0.15) is 0 Å². The maximum absolute atomic E-state index is 11.7. The lowest BCUT2D eigenvalue weighted by Gasteiger charge is -2.13. The Hall–Kier alpha value is -2.41. The van der Waals surface area contributed by atoms with E-state index < -0.39 is 5.91 Å². The van der Waals surface area contributed by atoms with Crippen molar-refractivity contribution < 1.29 is 9.32 Å². The third-order valence-corrected chi connectivity index (χ3v) is 3.20. The molecule has 0 spiro atoms. The first-order chi connectivity index (χ1) is 9.97. The summed E-state index contributed by atoms with van der Waals surface area (Å²) in [7, 11) is 0. The van der Waals surface area contributed by atoms with Crippen LogP contribution in [0.2, 0.25) is 0 Å². The second kappa shape index (κ2) is 6.36. The van der Waals surface area contributed by atoms with Crippen molar-refractivity contribution in [3.63, 3.8) is 0 Å². The molecule has 2 rings (SSSR count). The molecule has 0 saturated heterocycles. The highest BCUT2D eigenvalue weighted by Crippen LogP contribution is 2.17. The summed E-state index contributed by atoms with van der Waals surface area (Å²) in [5.74, 6) is -0.324. The van der Waals surface area contributed by atoms with Gasteiger partial charge in [0.2, 0.25) is 5.76 Å². The molecule has 1 heterocycles. The lowest BCUT2D eigenvalue weighted by molar-refractivity contribution is 0.0907. The molecule has 3 N–H and O–H groups in total. The normalized spacial score (nSPS) is 10.0. The summed E-state index contributed by atoms with van der Waals surface area (Å²) < 4.78 is 4.85. The molecule has 2 aromatic rings. The van der Waals surface area contributed by atoms with E-state index in [0.29, 0.717) is 5.69 Å². The molecule has 1 aromatic heterocycles. The third-order valence-electron chi connectivity index (χ3n) is 2.99. The fraction of sp³-hybridized carbons (Fsp3) is 0.214. The first-order valence-electron chi connectivity index (χ1n) is 6.34. The van der Waals surface area contributed by atoms with Crippen LogP contribution in [0, 0.1) is 20.8 Å². The second-order valence-corrected chi connectivity index (χ2v) is 5.02. The average molecular weight is 304 g/mol. The van der Waals surface area contributed by atoms with Gasteiger partial charge in [-0.05, 0) is 50.2 Å². The van der Waals surface area contributed by atoms with Crippen LogP contribution in [0.25, 0.3) is 0 Å². The van der Waals surface area contributed by atoms with E-state index in [1.807, 2.05) is 32.0 Å². The van der Waals surface area contributed by atoms with Gasteiger partial charge >= 0.3 is 5.91 Å². The Morgan fingerprint density at radius 3 is 2.67 bits per heavy atom. The van der Waals surface area contributed by atoms with Crippen molar-refractivity contribution in [3.8, 4) is 0 Å². The smallest absolute Gasteiger partial charge is 0.308 e. The van der Waals surface area contributed by atoms with Crippen LogP contribution in [-0.4, -0.2) is 16.2 Å². The van der Waals surface area contributed by atoms with Gasteiger partial charge in [-0.15, -0.1) is 0 Å². The zero-order valence-corrected chi connectivity index (χ0v) is 12.8. The zero-order chi connectivity index (χ0) is 15.4. The number of carbonyl (C=O) groups excluding carboxylic acids is 1. The molecule has 6 nitrogen and oxygen atoms in total. The van der Waals surface area contributed by atoms with E-state index >= 15 is 0 Å². The zero-order valence-electron chi connectivity index (χ0n) is 12.0. The van der Waals surface area contributed by atoms with Crippen molar-refractivity contribution in [1.29, 1.82) is 0 Å². The molecule has 0 aliphatic rings. The molecule has 0 radical (unpaired) electrons. The van der Waals surface area contributed by atoms with Crippen molar-refractivity contribution >= 4 is 28.9 Å². The van der Waals surface area contributed by atoms with Crippen LogP contribution in [0.1, 0.15) is 27.4 Å². The predicted octanol–water partition coefficient (Wildman–Crippen LogP) is 2.23. The largest absolute Gasteiger partial charge is 0.351 e. The molecule has 0 fully saturated rings. The summed E-state index contributed by atoms with van der Waals surface area (Å²) in [5.41, 5.74) is 8.83. The Bertz CT molecular complexity index is 681. The Morgan fingerprint density at radius 2 is 2.00 bits per heavy atom. The number of hydrogen-bond donors (Lipinski definition) is 3. The van der Waals surface area contributed by atoms with Gasteiger partial charge in [0.25, 0.3) is 0 Å².